The average molecular weight is 376 g/mol. The van der Waals surface area contributed by atoms with E-state index in [1.165, 1.54) is 6.42 Å². The van der Waals surface area contributed by atoms with E-state index in [2.05, 4.69) is 15.5 Å². The summed E-state index contributed by atoms with van der Waals surface area (Å²) in [5.74, 6) is 2.12. The molecule has 6 nitrogen and oxygen atoms in total. The third-order valence-electron chi connectivity index (χ3n) is 5.97. The molecule has 1 amide bonds. The van der Waals surface area contributed by atoms with Crippen LogP contribution in [-0.4, -0.2) is 58.3 Å². The van der Waals surface area contributed by atoms with Gasteiger partial charge >= 0.3 is 0 Å². The molecule has 2 aliphatic rings. The number of hydrogen-bond acceptors (Lipinski definition) is 5. The molecule has 0 unspecified atom stereocenters. The minimum Gasteiger partial charge on any atom is -0.493 e. The van der Waals surface area contributed by atoms with Crippen LogP contribution in [0, 0.1) is 11.3 Å². The maximum absolute atomic E-state index is 13.0. The molecule has 1 aliphatic carbocycles. The summed E-state index contributed by atoms with van der Waals surface area (Å²) in [5.41, 5.74) is 0.812. The number of likely N-dealkylation sites (N-methyl/N-ethyl adjacent to an activating group) is 1. The van der Waals surface area contributed by atoms with Crippen LogP contribution in [0.2, 0.25) is 0 Å². The van der Waals surface area contributed by atoms with Crippen molar-refractivity contribution in [3.8, 4) is 11.5 Å². The van der Waals surface area contributed by atoms with Gasteiger partial charge in [0.05, 0.1) is 12.5 Å². The van der Waals surface area contributed by atoms with E-state index in [0.717, 1.165) is 50.2 Å². The Morgan fingerprint density at radius 1 is 1.33 bits per heavy atom. The zero-order valence-electron chi connectivity index (χ0n) is 16.8. The van der Waals surface area contributed by atoms with Crippen LogP contribution < -0.4 is 20.1 Å². The fourth-order valence-electron chi connectivity index (χ4n) is 4.33. The summed E-state index contributed by atoms with van der Waals surface area (Å²) in [5, 5.41) is 6.61. The van der Waals surface area contributed by atoms with Gasteiger partial charge in [0.1, 0.15) is 6.61 Å². The molecule has 27 heavy (non-hydrogen) atoms. The first kappa shape index (κ1) is 20.0. The number of benzene rings is 1. The minimum atomic E-state index is -0.211. The minimum absolute atomic E-state index is 0.197. The number of ether oxygens (including phenoxy) is 2. The molecule has 1 saturated carbocycles. The molecule has 2 N–H and O–H groups in total. The molecule has 6 heteroatoms. The Labute approximate surface area is 162 Å². The van der Waals surface area contributed by atoms with Gasteiger partial charge in [0, 0.05) is 19.6 Å². The van der Waals surface area contributed by atoms with E-state index in [1.807, 2.05) is 32.3 Å². The van der Waals surface area contributed by atoms with Gasteiger partial charge in [-0.05, 0) is 57.1 Å². The number of hydrogen-bond donors (Lipinski definition) is 2. The van der Waals surface area contributed by atoms with Gasteiger partial charge in [0.2, 0.25) is 5.91 Å². The molecule has 1 saturated heterocycles. The Morgan fingerprint density at radius 3 is 2.96 bits per heavy atom. The van der Waals surface area contributed by atoms with E-state index in [4.69, 9.17) is 9.47 Å². The predicted octanol–water partition coefficient (Wildman–Crippen LogP) is 2.03. The smallest absolute Gasteiger partial charge is 0.228 e. The van der Waals surface area contributed by atoms with Crippen molar-refractivity contribution >= 4 is 5.91 Å². The van der Waals surface area contributed by atoms with Gasteiger partial charge < -0.3 is 25.0 Å². The summed E-state index contributed by atoms with van der Waals surface area (Å²) in [6, 6.07) is 5.87. The molecule has 150 valence electrons. The average Bonchev–Trinajstić information content (AvgIpc) is 3.11. The van der Waals surface area contributed by atoms with Gasteiger partial charge in [-0.25, -0.2) is 0 Å². The fourth-order valence-corrected chi connectivity index (χ4v) is 4.33. The Bertz CT molecular complexity index is 650. The highest BCUT2D eigenvalue weighted by Gasteiger charge is 2.49. The van der Waals surface area contributed by atoms with Crippen molar-refractivity contribution in [3.63, 3.8) is 0 Å². The van der Waals surface area contributed by atoms with Crippen molar-refractivity contribution in [2.45, 2.75) is 32.2 Å². The Morgan fingerprint density at radius 2 is 2.19 bits per heavy atom. The summed E-state index contributed by atoms with van der Waals surface area (Å²) in [6.07, 6.45) is 4.55. The van der Waals surface area contributed by atoms with Crippen LogP contribution in [0.5, 0.6) is 11.5 Å². The molecule has 0 aromatic heterocycles. The van der Waals surface area contributed by atoms with Crippen LogP contribution >= 0.6 is 0 Å². The molecular weight excluding hydrogens is 342 g/mol. The van der Waals surface area contributed by atoms with Crippen LogP contribution in [-0.2, 0) is 11.3 Å². The van der Waals surface area contributed by atoms with Crippen molar-refractivity contribution < 1.29 is 14.3 Å². The molecule has 1 aromatic carbocycles. The first-order valence-corrected chi connectivity index (χ1v) is 9.98. The number of amides is 1. The summed E-state index contributed by atoms with van der Waals surface area (Å²) >= 11 is 0. The molecule has 0 radical (unpaired) electrons. The highest BCUT2D eigenvalue weighted by atomic mass is 16.5. The number of carbonyl (C=O) groups is 1. The van der Waals surface area contributed by atoms with Crippen LogP contribution in [0.15, 0.2) is 18.2 Å². The zero-order chi connectivity index (χ0) is 19.3. The Kier molecular flexibility index (Phi) is 6.60. The van der Waals surface area contributed by atoms with Crippen LogP contribution in [0.1, 0.15) is 31.2 Å². The quantitative estimate of drug-likeness (QED) is 0.728. The van der Waals surface area contributed by atoms with Crippen molar-refractivity contribution in [2.24, 2.45) is 11.3 Å². The molecule has 1 aromatic rings. The van der Waals surface area contributed by atoms with E-state index >= 15 is 0 Å². The van der Waals surface area contributed by atoms with E-state index in [9.17, 15) is 4.79 Å². The van der Waals surface area contributed by atoms with E-state index in [0.29, 0.717) is 24.8 Å². The maximum Gasteiger partial charge on any atom is 0.228 e. The monoisotopic (exact) mass is 375 g/mol. The molecule has 3 rings (SSSR count). The molecule has 1 aliphatic heterocycles. The summed E-state index contributed by atoms with van der Waals surface area (Å²) < 4.78 is 11.3. The van der Waals surface area contributed by atoms with Gasteiger partial charge in [-0.2, -0.15) is 0 Å². The van der Waals surface area contributed by atoms with Crippen LogP contribution in [0.4, 0.5) is 0 Å². The van der Waals surface area contributed by atoms with Gasteiger partial charge in [-0.3, -0.25) is 4.79 Å². The number of rotatable bonds is 8. The highest BCUT2D eigenvalue weighted by molar-refractivity contribution is 5.83. The third-order valence-corrected chi connectivity index (χ3v) is 5.97. The topological polar surface area (TPSA) is 62.8 Å². The largest absolute Gasteiger partial charge is 0.493 e. The lowest BCUT2D eigenvalue weighted by atomic mass is 9.67. The number of carbonyl (C=O) groups excluding carboxylic acids is 1. The zero-order valence-corrected chi connectivity index (χ0v) is 16.8. The van der Waals surface area contributed by atoms with Crippen molar-refractivity contribution in [3.05, 3.63) is 23.8 Å². The van der Waals surface area contributed by atoms with Gasteiger partial charge in [0.25, 0.3) is 0 Å². The second-order valence-corrected chi connectivity index (χ2v) is 8.05. The molecule has 2 atom stereocenters. The highest BCUT2D eigenvalue weighted by Crippen LogP contribution is 2.44. The number of nitrogens with zero attached hydrogens (tertiary/aromatic N) is 1. The van der Waals surface area contributed by atoms with Gasteiger partial charge in [0.15, 0.2) is 11.5 Å². The molecule has 2 fully saturated rings. The van der Waals surface area contributed by atoms with Gasteiger partial charge in [-0.1, -0.05) is 18.9 Å². The van der Waals surface area contributed by atoms with Crippen molar-refractivity contribution in [1.82, 2.24) is 15.5 Å². The molecular formula is C21H33N3O3. The fraction of sp³-hybridized carbons (Fsp3) is 0.667. The Hall–Kier alpha value is -1.79. The van der Waals surface area contributed by atoms with Crippen molar-refractivity contribution in [2.75, 3.05) is 47.4 Å². The van der Waals surface area contributed by atoms with Crippen LogP contribution in [0.3, 0.4) is 0 Å². The molecule has 0 spiro atoms. The second kappa shape index (κ2) is 8.93. The van der Waals surface area contributed by atoms with Crippen LogP contribution in [0.25, 0.3) is 0 Å². The summed E-state index contributed by atoms with van der Waals surface area (Å²) in [7, 11) is 5.68. The van der Waals surface area contributed by atoms with Gasteiger partial charge in [-0.15, -0.1) is 0 Å². The number of fused-ring (bicyclic) bond motifs is 1. The first-order chi connectivity index (χ1) is 13.0. The lowest BCUT2D eigenvalue weighted by molar-refractivity contribution is -0.134. The SMILES string of the molecule is COc1cc(CNC(=O)[C@@]23CCCC[C@H]2CNC3)ccc1OCCN(C)C. The lowest BCUT2D eigenvalue weighted by Gasteiger charge is -2.37. The Balaban J connectivity index is 1.59. The van der Waals surface area contributed by atoms with E-state index in [-0.39, 0.29) is 11.3 Å². The van der Waals surface area contributed by atoms with E-state index in [1.54, 1.807) is 7.11 Å². The predicted molar refractivity (Wildman–Crippen MR) is 106 cm³/mol. The summed E-state index contributed by atoms with van der Waals surface area (Å²) in [6.45, 7) is 3.75. The first-order valence-electron chi connectivity index (χ1n) is 9.98. The second-order valence-electron chi connectivity index (χ2n) is 8.05. The summed E-state index contributed by atoms with van der Waals surface area (Å²) in [4.78, 5) is 15.1. The van der Waals surface area contributed by atoms with E-state index < -0.39 is 0 Å². The third kappa shape index (κ3) is 4.55. The number of methoxy groups -OCH3 is 1. The van der Waals surface area contributed by atoms with Crippen molar-refractivity contribution in [1.29, 1.82) is 0 Å². The standard InChI is InChI=1S/C21H33N3O3/c1-24(2)10-11-27-18-8-7-16(12-19(18)26-3)13-23-20(25)21-9-5-4-6-17(21)14-22-15-21/h7-8,12,17,22H,4-6,9-11,13-15H2,1-3H3,(H,23,25)/t17-,21+/m0/s1. The maximum atomic E-state index is 13.0. The lowest BCUT2D eigenvalue weighted by Crippen LogP contribution is -2.47. The number of nitrogens with one attached hydrogen (secondary N) is 2. The normalized spacial score (nSPS) is 24.5. The molecule has 1 heterocycles. The molecule has 0 bridgehead atoms.